The molecule has 0 N–H and O–H groups in total. The fraction of sp³-hybridized carbons (Fsp3) is 0.867. The summed E-state index contributed by atoms with van der Waals surface area (Å²) in [4.78, 5) is 23.6. The second-order valence-electron chi connectivity index (χ2n) is 4.83. The highest BCUT2D eigenvalue weighted by Crippen LogP contribution is 2.33. The van der Waals surface area contributed by atoms with Crippen LogP contribution in [-0.4, -0.2) is 31.9 Å². The number of rotatable bonds is 10. The Morgan fingerprint density at radius 2 is 1.50 bits per heavy atom. The largest absolute Gasteiger partial charge is 0.508 e. The lowest BCUT2D eigenvalue weighted by Crippen LogP contribution is -2.38. The van der Waals surface area contributed by atoms with E-state index in [4.69, 9.17) is 14.2 Å². The molecule has 0 radical (unpaired) electrons. The van der Waals surface area contributed by atoms with Crippen molar-refractivity contribution >= 4 is 12.1 Å². The molecule has 5 heteroatoms. The highest BCUT2D eigenvalue weighted by atomic mass is 16.7. The van der Waals surface area contributed by atoms with E-state index in [1.807, 2.05) is 6.92 Å². The van der Waals surface area contributed by atoms with Gasteiger partial charge in [-0.3, -0.25) is 4.79 Å². The molecule has 0 saturated carbocycles. The van der Waals surface area contributed by atoms with Crippen LogP contribution in [0.1, 0.15) is 59.8 Å². The lowest BCUT2D eigenvalue weighted by Gasteiger charge is -2.30. The second-order valence-corrected chi connectivity index (χ2v) is 4.83. The smallest absolute Gasteiger partial charge is 0.465 e. The van der Waals surface area contributed by atoms with Crippen LogP contribution in [0.3, 0.4) is 0 Å². The van der Waals surface area contributed by atoms with Crippen LogP contribution in [-0.2, 0) is 19.0 Å². The third kappa shape index (κ3) is 6.26. The maximum atomic E-state index is 12.3. The molecule has 118 valence electrons. The first-order valence-electron chi connectivity index (χ1n) is 7.53. The lowest BCUT2D eigenvalue weighted by atomic mass is 9.79. The van der Waals surface area contributed by atoms with E-state index >= 15 is 0 Å². The van der Waals surface area contributed by atoms with E-state index in [9.17, 15) is 9.59 Å². The molecule has 0 aromatic carbocycles. The van der Waals surface area contributed by atoms with E-state index in [0.29, 0.717) is 19.4 Å². The monoisotopic (exact) mass is 288 g/mol. The molecule has 1 atom stereocenters. The molecule has 0 bridgehead atoms. The summed E-state index contributed by atoms with van der Waals surface area (Å²) in [7, 11) is 0. The van der Waals surface area contributed by atoms with Gasteiger partial charge in [-0.15, -0.1) is 0 Å². The summed E-state index contributed by atoms with van der Waals surface area (Å²) in [6.45, 7) is 8.17. The van der Waals surface area contributed by atoms with Gasteiger partial charge in [-0.2, -0.15) is 0 Å². The van der Waals surface area contributed by atoms with Crippen LogP contribution in [0.15, 0.2) is 0 Å². The van der Waals surface area contributed by atoms with Gasteiger partial charge in [-0.1, -0.05) is 33.1 Å². The Morgan fingerprint density at radius 1 is 0.850 bits per heavy atom. The molecule has 0 aliphatic carbocycles. The molecule has 0 aliphatic rings. The van der Waals surface area contributed by atoms with Gasteiger partial charge in [0.15, 0.2) is 0 Å². The van der Waals surface area contributed by atoms with Gasteiger partial charge < -0.3 is 14.2 Å². The summed E-state index contributed by atoms with van der Waals surface area (Å²) < 4.78 is 15.0. The summed E-state index contributed by atoms with van der Waals surface area (Å²) in [6.07, 6.45) is 3.28. The van der Waals surface area contributed by atoms with Gasteiger partial charge in [0.1, 0.15) is 12.0 Å². The average molecular weight is 288 g/mol. The third-order valence-electron chi connectivity index (χ3n) is 3.17. The standard InChI is InChI=1S/C15H28O5/c1-5-9-11-15(10-6-2,13(16)18-7-3)12-20-14(17)19-8-4/h5-12H2,1-4H3. The number of carbonyl (C=O) groups is 2. The second kappa shape index (κ2) is 10.5. The minimum Gasteiger partial charge on any atom is -0.465 e. The van der Waals surface area contributed by atoms with Crippen LogP contribution in [0.25, 0.3) is 0 Å². The van der Waals surface area contributed by atoms with Crippen molar-refractivity contribution in [3.8, 4) is 0 Å². The summed E-state index contributed by atoms with van der Waals surface area (Å²) >= 11 is 0. The Hall–Kier alpha value is -1.26. The molecule has 0 fully saturated rings. The summed E-state index contributed by atoms with van der Waals surface area (Å²) in [5.74, 6) is -0.278. The van der Waals surface area contributed by atoms with Gasteiger partial charge in [-0.25, -0.2) is 4.79 Å². The topological polar surface area (TPSA) is 61.8 Å². The number of ether oxygens (including phenoxy) is 3. The quantitative estimate of drug-likeness (QED) is 0.574. The molecule has 0 amide bonds. The fourth-order valence-electron chi connectivity index (χ4n) is 2.17. The van der Waals surface area contributed by atoms with Crippen molar-refractivity contribution in [1.82, 2.24) is 0 Å². The van der Waals surface area contributed by atoms with E-state index in [2.05, 4.69) is 6.92 Å². The van der Waals surface area contributed by atoms with E-state index in [0.717, 1.165) is 19.3 Å². The van der Waals surface area contributed by atoms with Gasteiger partial charge >= 0.3 is 12.1 Å². The zero-order valence-corrected chi connectivity index (χ0v) is 13.2. The number of hydrogen-bond acceptors (Lipinski definition) is 5. The van der Waals surface area contributed by atoms with Crippen LogP contribution in [0.4, 0.5) is 4.79 Å². The Labute approximate surface area is 122 Å². The zero-order chi connectivity index (χ0) is 15.4. The maximum absolute atomic E-state index is 12.3. The molecule has 0 aromatic heterocycles. The molecule has 20 heavy (non-hydrogen) atoms. The normalized spacial score (nSPS) is 13.4. The first-order valence-corrected chi connectivity index (χ1v) is 7.53. The van der Waals surface area contributed by atoms with Gasteiger partial charge in [0, 0.05) is 0 Å². The van der Waals surface area contributed by atoms with Crippen LogP contribution in [0.2, 0.25) is 0 Å². The van der Waals surface area contributed by atoms with Gasteiger partial charge in [0.05, 0.1) is 13.2 Å². The highest BCUT2D eigenvalue weighted by Gasteiger charge is 2.40. The predicted molar refractivity (Wildman–Crippen MR) is 76.5 cm³/mol. The molecule has 0 aliphatic heterocycles. The zero-order valence-electron chi connectivity index (χ0n) is 13.2. The molecule has 0 aromatic rings. The number of carbonyl (C=O) groups excluding carboxylic acids is 2. The Kier molecular flexibility index (Phi) is 9.86. The van der Waals surface area contributed by atoms with Crippen molar-refractivity contribution in [2.45, 2.75) is 59.8 Å². The van der Waals surface area contributed by atoms with Gasteiger partial charge in [0.25, 0.3) is 0 Å². The Bertz CT molecular complexity index is 290. The number of esters is 1. The van der Waals surface area contributed by atoms with E-state index in [-0.39, 0.29) is 19.2 Å². The number of hydrogen-bond donors (Lipinski definition) is 0. The minimum absolute atomic E-state index is 0.0263. The van der Waals surface area contributed by atoms with E-state index < -0.39 is 11.6 Å². The SMILES string of the molecule is CCCCC(CCC)(COC(=O)OCC)C(=O)OCC. The molecular formula is C15H28O5. The average Bonchev–Trinajstić information content (AvgIpc) is 2.42. The van der Waals surface area contributed by atoms with Crippen molar-refractivity contribution in [1.29, 1.82) is 0 Å². The summed E-state index contributed by atoms with van der Waals surface area (Å²) in [5.41, 5.74) is -0.743. The highest BCUT2D eigenvalue weighted by molar-refractivity contribution is 5.77. The first kappa shape index (κ1) is 18.7. The van der Waals surface area contributed by atoms with Crippen molar-refractivity contribution in [2.75, 3.05) is 19.8 Å². The van der Waals surface area contributed by atoms with Crippen molar-refractivity contribution in [3.05, 3.63) is 0 Å². The lowest BCUT2D eigenvalue weighted by molar-refractivity contribution is -0.160. The summed E-state index contributed by atoms with van der Waals surface area (Å²) in [6, 6.07) is 0. The minimum atomic E-state index is -0.743. The van der Waals surface area contributed by atoms with Gasteiger partial charge in [0.2, 0.25) is 0 Å². The predicted octanol–water partition coefficient (Wildman–Crippen LogP) is 3.70. The van der Waals surface area contributed by atoms with Crippen molar-refractivity contribution in [3.63, 3.8) is 0 Å². The molecule has 0 saturated heterocycles. The fourth-order valence-corrected chi connectivity index (χ4v) is 2.17. The van der Waals surface area contributed by atoms with Crippen molar-refractivity contribution in [2.24, 2.45) is 5.41 Å². The van der Waals surface area contributed by atoms with Crippen LogP contribution in [0.5, 0.6) is 0 Å². The first-order chi connectivity index (χ1) is 9.56. The van der Waals surface area contributed by atoms with Crippen LogP contribution < -0.4 is 0 Å². The van der Waals surface area contributed by atoms with E-state index in [1.165, 1.54) is 0 Å². The maximum Gasteiger partial charge on any atom is 0.508 e. The van der Waals surface area contributed by atoms with Crippen LogP contribution >= 0.6 is 0 Å². The molecule has 5 nitrogen and oxygen atoms in total. The van der Waals surface area contributed by atoms with Crippen LogP contribution in [0, 0.1) is 5.41 Å². The van der Waals surface area contributed by atoms with Crippen molar-refractivity contribution < 1.29 is 23.8 Å². The number of unbranched alkanes of at least 4 members (excludes halogenated alkanes) is 1. The molecule has 0 heterocycles. The Balaban J connectivity index is 4.86. The molecule has 0 spiro atoms. The molecule has 0 rings (SSSR count). The third-order valence-corrected chi connectivity index (χ3v) is 3.17. The molecule has 1 unspecified atom stereocenters. The molecular weight excluding hydrogens is 260 g/mol. The van der Waals surface area contributed by atoms with E-state index in [1.54, 1.807) is 13.8 Å². The Morgan fingerprint density at radius 3 is 2.00 bits per heavy atom. The summed E-state index contributed by atoms with van der Waals surface area (Å²) in [5, 5.41) is 0. The van der Waals surface area contributed by atoms with Gasteiger partial charge in [-0.05, 0) is 26.7 Å².